The van der Waals surface area contributed by atoms with Crippen molar-refractivity contribution in [3.05, 3.63) is 58.2 Å². The minimum absolute atomic E-state index is 0.0489. The number of piperidine rings is 1. The molecule has 0 aliphatic carbocycles. The Bertz CT molecular complexity index is 870. The van der Waals surface area contributed by atoms with Crippen LogP contribution < -0.4 is 4.90 Å². The van der Waals surface area contributed by atoms with E-state index in [9.17, 15) is 18.0 Å². The lowest BCUT2D eigenvalue weighted by Gasteiger charge is -2.34. The number of hydrogen-bond acceptors (Lipinski definition) is 3. The summed E-state index contributed by atoms with van der Waals surface area (Å²) < 4.78 is 40.4. The van der Waals surface area contributed by atoms with Crippen molar-refractivity contribution in [1.29, 1.82) is 0 Å². The van der Waals surface area contributed by atoms with E-state index in [-0.39, 0.29) is 29.0 Å². The number of halogens is 4. The highest BCUT2D eigenvalue weighted by Crippen LogP contribution is 2.39. The molecule has 1 aromatic carbocycles. The first-order valence-electron chi connectivity index (χ1n) is 8.96. The van der Waals surface area contributed by atoms with E-state index in [4.69, 9.17) is 11.6 Å². The van der Waals surface area contributed by atoms with Crippen molar-refractivity contribution in [2.75, 3.05) is 32.1 Å². The smallest absolute Gasteiger partial charge is 0.363 e. The van der Waals surface area contributed by atoms with Crippen LogP contribution in [-0.4, -0.2) is 43.0 Å². The molecule has 1 amide bonds. The summed E-state index contributed by atoms with van der Waals surface area (Å²) in [7, 11) is 3.65. The number of rotatable bonds is 3. The molecule has 0 radical (unpaired) electrons. The number of carbonyl (C=O) groups excluding carboxylic acids is 1. The molecule has 0 saturated carbocycles. The molecule has 1 aliphatic heterocycles. The maximum Gasteiger partial charge on any atom is 0.416 e. The number of amides is 1. The zero-order valence-electron chi connectivity index (χ0n) is 15.6. The van der Waals surface area contributed by atoms with Gasteiger partial charge in [0.05, 0.1) is 5.56 Å². The number of hydrogen-bond donors (Lipinski definition) is 0. The Morgan fingerprint density at radius 3 is 2.68 bits per heavy atom. The molecule has 1 saturated heterocycles. The molecule has 2 heterocycles. The van der Waals surface area contributed by atoms with Crippen molar-refractivity contribution in [1.82, 2.24) is 9.88 Å². The van der Waals surface area contributed by atoms with Gasteiger partial charge in [-0.25, -0.2) is 4.98 Å². The van der Waals surface area contributed by atoms with Crippen LogP contribution in [0.5, 0.6) is 0 Å². The molecule has 0 spiro atoms. The van der Waals surface area contributed by atoms with E-state index in [0.29, 0.717) is 30.8 Å². The highest BCUT2D eigenvalue weighted by atomic mass is 35.5. The van der Waals surface area contributed by atoms with Crippen LogP contribution in [0.1, 0.15) is 40.2 Å². The molecule has 28 heavy (non-hydrogen) atoms. The highest BCUT2D eigenvalue weighted by Gasteiger charge is 2.37. The largest absolute Gasteiger partial charge is 0.416 e. The third-order valence-electron chi connectivity index (χ3n) is 4.92. The summed E-state index contributed by atoms with van der Waals surface area (Å²) in [6.45, 7) is 0.757. The number of likely N-dealkylation sites (tertiary alicyclic amines) is 1. The number of anilines is 1. The Balaban J connectivity index is 1.85. The summed E-state index contributed by atoms with van der Waals surface area (Å²) in [6, 6.07) is 7.18. The Morgan fingerprint density at radius 2 is 2.00 bits per heavy atom. The van der Waals surface area contributed by atoms with Crippen LogP contribution in [0.15, 0.2) is 36.5 Å². The fraction of sp³-hybridized carbons (Fsp3) is 0.400. The normalized spacial score (nSPS) is 17.5. The van der Waals surface area contributed by atoms with Crippen molar-refractivity contribution >= 4 is 23.3 Å². The van der Waals surface area contributed by atoms with Crippen LogP contribution in [-0.2, 0) is 6.18 Å². The molecular weight excluding hydrogens is 391 g/mol. The number of nitrogens with zero attached hydrogens (tertiary/aromatic N) is 3. The Hall–Kier alpha value is -2.28. The lowest BCUT2D eigenvalue weighted by atomic mass is 9.87. The molecule has 0 N–H and O–H groups in total. The molecule has 4 nitrogen and oxygen atoms in total. The van der Waals surface area contributed by atoms with Gasteiger partial charge in [-0.15, -0.1) is 0 Å². The Kier molecular flexibility index (Phi) is 5.84. The van der Waals surface area contributed by atoms with E-state index in [2.05, 4.69) is 4.98 Å². The highest BCUT2D eigenvalue weighted by molar-refractivity contribution is 6.30. The molecule has 3 rings (SSSR count). The summed E-state index contributed by atoms with van der Waals surface area (Å²) in [4.78, 5) is 20.5. The standard InChI is InChI=1S/C20H21ClF3N3O/c1-26(2)18-10-13(7-8-25-18)19(28)27-9-3-4-14(12-27)16-6-5-15(21)11-17(16)20(22,23)24/h5-8,10-11,14H,3-4,9,12H2,1-2H3. The third kappa shape index (κ3) is 4.41. The first-order valence-corrected chi connectivity index (χ1v) is 9.34. The van der Waals surface area contributed by atoms with Crippen LogP contribution in [0.4, 0.5) is 19.0 Å². The first kappa shape index (κ1) is 20.5. The summed E-state index contributed by atoms with van der Waals surface area (Å²) in [5, 5.41) is 0.0489. The van der Waals surface area contributed by atoms with E-state index in [1.165, 1.54) is 12.1 Å². The summed E-state index contributed by atoms with van der Waals surface area (Å²) in [6.07, 6.45) is -1.70. The first-order chi connectivity index (χ1) is 13.2. The van der Waals surface area contributed by atoms with Crippen LogP contribution in [0, 0.1) is 0 Å². The monoisotopic (exact) mass is 411 g/mol. The predicted octanol–water partition coefficient (Wildman–Crippen LogP) is 4.84. The van der Waals surface area contributed by atoms with Gasteiger partial charge in [-0.1, -0.05) is 17.7 Å². The van der Waals surface area contributed by atoms with Gasteiger partial charge in [0.1, 0.15) is 5.82 Å². The second-order valence-corrected chi connectivity index (χ2v) is 7.55. The molecule has 1 aliphatic rings. The summed E-state index contributed by atoms with van der Waals surface area (Å²) in [5.41, 5.74) is -0.0530. The average Bonchev–Trinajstić information content (AvgIpc) is 2.67. The van der Waals surface area contributed by atoms with Crippen molar-refractivity contribution in [3.8, 4) is 0 Å². The fourth-order valence-corrected chi connectivity index (χ4v) is 3.70. The van der Waals surface area contributed by atoms with E-state index in [1.54, 1.807) is 28.1 Å². The van der Waals surface area contributed by atoms with Gasteiger partial charge >= 0.3 is 6.18 Å². The van der Waals surface area contributed by atoms with Gasteiger partial charge in [-0.2, -0.15) is 13.2 Å². The topological polar surface area (TPSA) is 36.4 Å². The molecule has 8 heteroatoms. The molecule has 0 bridgehead atoms. The van der Waals surface area contributed by atoms with Gasteiger partial charge in [-0.3, -0.25) is 4.79 Å². The van der Waals surface area contributed by atoms with E-state index < -0.39 is 11.7 Å². The summed E-state index contributed by atoms with van der Waals surface area (Å²) in [5.74, 6) is 0.0657. The zero-order chi connectivity index (χ0) is 20.5. The van der Waals surface area contributed by atoms with E-state index in [1.807, 2.05) is 14.1 Å². The van der Waals surface area contributed by atoms with Gasteiger partial charge in [0.25, 0.3) is 5.91 Å². The quantitative estimate of drug-likeness (QED) is 0.725. The van der Waals surface area contributed by atoms with Crippen LogP contribution in [0.2, 0.25) is 5.02 Å². The fourth-order valence-electron chi connectivity index (χ4n) is 3.52. The second-order valence-electron chi connectivity index (χ2n) is 7.12. The van der Waals surface area contributed by atoms with E-state index in [0.717, 1.165) is 6.07 Å². The molecule has 1 fully saturated rings. The van der Waals surface area contributed by atoms with Crippen molar-refractivity contribution in [2.24, 2.45) is 0 Å². The van der Waals surface area contributed by atoms with Gasteiger partial charge in [-0.05, 0) is 42.7 Å². The lowest BCUT2D eigenvalue weighted by molar-refractivity contribution is -0.138. The van der Waals surface area contributed by atoms with Crippen molar-refractivity contribution < 1.29 is 18.0 Å². The maximum atomic E-state index is 13.5. The predicted molar refractivity (Wildman–Crippen MR) is 103 cm³/mol. The number of benzene rings is 1. The van der Waals surface area contributed by atoms with Crippen LogP contribution in [0.3, 0.4) is 0 Å². The third-order valence-corrected chi connectivity index (χ3v) is 5.15. The molecule has 1 aromatic heterocycles. The average molecular weight is 412 g/mol. The molecule has 1 atom stereocenters. The maximum absolute atomic E-state index is 13.5. The number of carbonyl (C=O) groups is 1. The molecule has 1 unspecified atom stereocenters. The molecular formula is C20H21ClF3N3O. The number of pyridine rings is 1. The molecule has 150 valence electrons. The van der Waals surface area contributed by atoms with Crippen molar-refractivity contribution in [3.63, 3.8) is 0 Å². The van der Waals surface area contributed by atoms with Crippen LogP contribution >= 0.6 is 11.6 Å². The Morgan fingerprint density at radius 1 is 1.25 bits per heavy atom. The minimum Gasteiger partial charge on any atom is -0.363 e. The summed E-state index contributed by atoms with van der Waals surface area (Å²) >= 11 is 5.79. The number of alkyl halides is 3. The van der Waals surface area contributed by atoms with Gasteiger partial charge in [0, 0.05) is 49.9 Å². The van der Waals surface area contributed by atoms with Gasteiger partial charge in [0.15, 0.2) is 0 Å². The zero-order valence-corrected chi connectivity index (χ0v) is 16.4. The van der Waals surface area contributed by atoms with Gasteiger partial charge < -0.3 is 9.80 Å². The second kappa shape index (κ2) is 7.99. The Labute approximate surface area is 166 Å². The number of aromatic nitrogens is 1. The van der Waals surface area contributed by atoms with Crippen molar-refractivity contribution in [2.45, 2.75) is 24.9 Å². The van der Waals surface area contributed by atoms with E-state index >= 15 is 0 Å². The SMILES string of the molecule is CN(C)c1cc(C(=O)N2CCCC(c3ccc(Cl)cc3C(F)(F)F)C2)ccn1. The lowest BCUT2D eigenvalue weighted by Crippen LogP contribution is -2.39. The molecule has 2 aromatic rings. The minimum atomic E-state index is -4.49. The van der Waals surface area contributed by atoms with Crippen LogP contribution in [0.25, 0.3) is 0 Å². The van der Waals surface area contributed by atoms with Gasteiger partial charge in [0.2, 0.25) is 0 Å².